The van der Waals surface area contributed by atoms with E-state index in [1.807, 2.05) is 31.2 Å². The molecule has 34 heavy (non-hydrogen) atoms. The third-order valence-corrected chi connectivity index (χ3v) is 7.35. The second-order valence-corrected chi connectivity index (χ2v) is 9.52. The number of aryl methyl sites for hydroxylation is 1. The minimum absolute atomic E-state index is 0.353. The molecule has 2 N–H and O–H groups in total. The number of benzene rings is 2. The molecule has 0 unspecified atom stereocenters. The number of hydrogen-bond donors (Lipinski definition) is 1. The van der Waals surface area contributed by atoms with Crippen molar-refractivity contribution in [2.75, 3.05) is 37.6 Å². The molecule has 1 amide bonds. The van der Waals surface area contributed by atoms with E-state index in [4.69, 9.17) is 5.73 Å². The molecule has 1 fully saturated rings. The van der Waals surface area contributed by atoms with Gasteiger partial charge in [-0.3, -0.25) is 9.69 Å². The average molecular weight is 459 g/mol. The highest BCUT2D eigenvalue weighted by molar-refractivity contribution is 5.95. The molecule has 1 aliphatic rings. The summed E-state index contributed by atoms with van der Waals surface area (Å²) >= 11 is 0. The number of carbonyl (C=O) groups is 1. The Morgan fingerprint density at radius 3 is 2.26 bits per heavy atom. The van der Waals surface area contributed by atoms with Crippen LogP contribution in [0.2, 0.25) is 0 Å². The van der Waals surface area contributed by atoms with Crippen LogP contribution in [0.3, 0.4) is 0 Å². The van der Waals surface area contributed by atoms with E-state index in [0.29, 0.717) is 5.56 Å². The largest absolute Gasteiger partial charge is 0.369 e. The Balaban J connectivity index is 1.26. The van der Waals surface area contributed by atoms with E-state index in [1.54, 1.807) is 0 Å². The summed E-state index contributed by atoms with van der Waals surface area (Å²) in [7, 11) is 0. The van der Waals surface area contributed by atoms with Crippen LogP contribution in [0.15, 0.2) is 54.6 Å². The van der Waals surface area contributed by atoms with Gasteiger partial charge in [0, 0.05) is 49.8 Å². The van der Waals surface area contributed by atoms with Crippen LogP contribution in [0.4, 0.5) is 5.69 Å². The lowest BCUT2D eigenvalue weighted by Gasteiger charge is -2.37. The zero-order valence-corrected chi connectivity index (χ0v) is 20.9. The van der Waals surface area contributed by atoms with Gasteiger partial charge in [0.2, 0.25) is 0 Å². The summed E-state index contributed by atoms with van der Waals surface area (Å²) in [4.78, 5) is 17.1. The van der Waals surface area contributed by atoms with Gasteiger partial charge in [-0.25, -0.2) is 0 Å². The number of rotatable bonds is 9. The van der Waals surface area contributed by atoms with Crippen LogP contribution in [-0.4, -0.2) is 48.1 Å². The van der Waals surface area contributed by atoms with Gasteiger partial charge in [0.05, 0.1) is 5.56 Å². The number of hydrogen-bond acceptors (Lipinski definition) is 3. The van der Waals surface area contributed by atoms with Crippen LogP contribution < -0.4 is 10.6 Å². The number of anilines is 1. The summed E-state index contributed by atoms with van der Waals surface area (Å²) in [6.45, 7) is 13.0. The summed E-state index contributed by atoms with van der Waals surface area (Å²) in [6.07, 6.45) is 3.47. The second kappa shape index (κ2) is 10.9. The van der Waals surface area contributed by atoms with Gasteiger partial charge in [-0.05, 0) is 69.0 Å². The Hall–Kier alpha value is -3.05. The fourth-order valence-corrected chi connectivity index (χ4v) is 5.10. The van der Waals surface area contributed by atoms with E-state index in [0.717, 1.165) is 62.6 Å². The van der Waals surface area contributed by atoms with Crippen molar-refractivity contribution < 1.29 is 4.79 Å². The molecule has 0 aliphatic carbocycles. The predicted octanol–water partition coefficient (Wildman–Crippen LogP) is 5.17. The summed E-state index contributed by atoms with van der Waals surface area (Å²) in [5, 5.41) is 0. The molecule has 0 saturated carbocycles. The first-order valence-electron chi connectivity index (χ1n) is 12.5. The van der Waals surface area contributed by atoms with E-state index >= 15 is 0 Å². The van der Waals surface area contributed by atoms with Gasteiger partial charge in [0.15, 0.2) is 0 Å². The summed E-state index contributed by atoms with van der Waals surface area (Å²) in [5.74, 6) is -0.353. The molecule has 1 aromatic heterocycles. The summed E-state index contributed by atoms with van der Waals surface area (Å²) < 4.78 is 2.26. The maximum atomic E-state index is 11.9. The maximum Gasteiger partial charge on any atom is 0.250 e. The van der Waals surface area contributed by atoms with Crippen molar-refractivity contribution in [3.05, 3.63) is 77.0 Å². The zero-order chi connectivity index (χ0) is 24.1. The molecule has 2 heterocycles. The van der Waals surface area contributed by atoms with Crippen molar-refractivity contribution >= 4 is 11.6 Å². The zero-order valence-electron chi connectivity index (χ0n) is 20.9. The third kappa shape index (κ3) is 5.36. The molecule has 0 radical (unpaired) electrons. The molecule has 2 aromatic carbocycles. The molecule has 0 atom stereocenters. The highest BCUT2D eigenvalue weighted by atomic mass is 16.1. The van der Waals surface area contributed by atoms with Crippen molar-refractivity contribution in [1.82, 2.24) is 9.47 Å². The average Bonchev–Trinajstić information content (AvgIpc) is 3.18. The van der Waals surface area contributed by atoms with Crippen molar-refractivity contribution in [1.29, 1.82) is 0 Å². The van der Waals surface area contributed by atoms with Crippen LogP contribution in [-0.2, 0) is 6.54 Å². The quantitative estimate of drug-likeness (QED) is 0.450. The van der Waals surface area contributed by atoms with Gasteiger partial charge >= 0.3 is 0 Å². The number of piperazine rings is 1. The van der Waals surface area contributed by atoms with Gasteiger partial charge in [0.1, 0.15) is 0 Å². The maximum absolute atomic E-state index is 11.9. The molecule has 0 spiro atoms. The molecule has 1 saturated heterocycles. The van der Waals surface area contributed by atoms with Gasteiger partial charge in [0.25, 0.3) is 5.91 Å². The standard InChI is InChI=1S/C29H38N4O/c1-22-11-10-14-27(23(22)2)32-19-17-31(18-20-32)15-8-5-9-16-33-24(3)26(29(30)34)21-28(33)25-12-6-4-7-13-25/h4,6-7,10-14,21H,5,8-9,15-20H2,1-3H3,(H2,30,34). The first kappa shape index (κ1) is 24.1. The van der Waals surface area contributed by atoms with E-state index in [-0.39, 0.29) is 5.91 Å². The number of nitrogens with two attached hydrogens (primary N) is 1. The molecular weight excluding hydrogens is 420 g/mol. The SMILES string of the molecule is Cc1cccc(N2CCN(CCCCCn3c(-c4ccccc4)cc(C(N)=O)c3C)CC2)c1C. The highest BCUT2D eigenvalue weighted by Gasteiger charge is 2.19. The summed E-state index contributed by atoms with van der Waals surface area (Å²) in [6, 6.07) is 18.8. The number of aromatic nitrogens is 1. The lowest BCUT2D eigenvalue weighted by Crippen LogP contribution is -2.46. The van der Waals surface area contributed by atoms with Gasteiger partial charge in [-0.15, -0.1) is 0 Å². The van der Waals surface area contributed by atoms with E-state index in [9.17, 15) is 4.79 Å². The topological polar surface area (TPSA) is 54.5 Å². The van der Waals surface area contributed by atoms with Crippen molar-refractivity contribution in [2.45, 2.75) is 46.6 Å². The van der Waals surface area contributed by atoms with Gasteiger partial charge in [-0.1, -0.05) is 48.9 Å². The second-order valence-electron chi connectivity index (χ2n) is 9.52. The minimum atomic E-state index is -0.353. The fourth-order valence-electron chi connectivity index (χ4n) is 5.10. The van der Waals surface area contributed by atoms with Crippen molar-refractivity contribution in [3.8, 4) is 11.3 Å². The minimum Gasteiger partial charge on any atom is -0.369 e. The van der Waals surface area contributed by atoms with Crippen molar-refractivity contribution in [3.63, 3.8) is 0 Å². The molecular formula is C29H38N4O. The van der Waals surface area contributed by atoms with Crippen LogP contribution >= 0.6 is 0 Å². The number of amides is 1. The smallest absolute Gasteiger partial charge is 0.250 e. The van der Waals surface area contributed by atoms with E-state index in [2.05, 4.69) is 58.5 Å². The third-order valence-electron chi connectivity index (χ3n) is 7.35. The monoisotopic (exact) mass is 458 g/mol. The lowest BCUT2D eigenvalue weighted by molar-refractivity contribution is 0.0999. The molecule has 180 valence electrons. The lowest BCUT2D eigenvalue weighted by atomic mass is 10.1. The number of nitrogens with zero attached hydrogens (tertiary/aromatic N) is 3. The Kier molecular flexibility index (Phi) is 7.73. The fraction of sp³-hybridized carbons (Fsp3) is 0.414. The first-order chi connectivity index (χ1) is 16.5. The van der Waals surface area contributed by atoms with Crippen molar-refractivity contribution in [2.24, 2.45) is 5.73 Å². The molecule has 0 bridgehead atoms. The predicted molar refractivity (Wildman–Crippen MR) is 142 cm³/mol. The van der Waals surface area contributed by atoms with Gasteiger partial charge in [-0.2, -0.15) is 0 Å². The Labute approximate surface area is 204 Å². The Morgan fingerprint density at radius 1 is 0.853 bits per heavy atom. The Morgan fingerprint density at radius 2 is 1.56 bits per heavy atom. The van der Waals surface area contributed by atoms with Crippen LogP contribution in [0.5, 0.6) is 0 Å². The number of primary amides is 1. The Bertz CT molecular complexity index is 1110. The number of carbonyl (C=O) groups excluding carboxylic acids is 1. The highest BCUT2D eigenvalue weighted by Crippen LogP contribution is 2.27. The first-order valence-corrected chi connectivity index (χ1v) is 12.5. The van der Waals surface area contributed by atoms with Crippen LogP contribution in [0, 0.1) is 20.8 Å². The van der Waals surface area contributed by atoms with Gasteiger partial charge < -0.3 is 15.2 Å². The van der Waals surface area contributed by atoms with Crippen LogP contribution in [0.1, 0.15) is 46.4 Å². The number of unbranched alkanes of at least 4 members (excludes halogenated alkanes) is 2. The molecule has 5 heteroatoms. The van der Waals surface area contributed by atoms with E-state index in [1.165, 1.54) is 29.7 Å². The molecule has 4 rings (SSSR count). The molecule has 5 nitrogen and oxygen atoms in total. The summed E-state index contributed by atoms with van der Waals surface area (Å²) in [5.41, 5.74) is 13.6. The normalized spacial score (nSPS) is 14.5. The van der Waals surface area contributed by atoms with Crippen LogP contribution in [0.25, 0.3) is 11.3 Å². The molecule has 1 aliphatic heterocycles. The van der Waals surface area contributed by atoms with E-state index < -0.39 is 0 Å². The molecule has 3 aromatic rings.